The lowest BCUT2D eigenvalue weighted by Crippen LogP contribution is -2.36. The van der Waals surface area contributed by atoms with Crippen LogP contribution in [0, 0.1) is 0 Å². The maximum atomic E-state index is 11.6. The molecule has 1 atom stereocenters. The Labute approximate surface area is 128 Å². The molecule has 118 valence electrons. The number of rotatable bonds is 4. The summed E-state index contributed by atoms with van der Waals surface area (Å²) in [5.41, 5.74) is -0.0247. The SMILES string of the molecule is CC(C)(C)OC(=O)NCC(C(=O)O)c1cc2ccccc2o1. The molecule has 2 N–H and O–H groups in total. The Kier molecular flexibility index (Phi) is 4.40. The molecule has 1 heterocycles. The number of hydrogen-bond donors (Lipinski definition) is 2. The van der Waals surface area contributed by atoms with Crippen LogP contribution in [-0.2, 0) is 9.53 Å². The number of aliphatic carboxylic acids is 1. The molecule has 22 heavy (non-hydrogen) atoms. The highest BCUT2D eigenvalue weighted by molar-refractivity contribution is 5.82. The minimum atomic E-state index is -1.07. The molecule has 0 spiro atoms. The summed E-state index contributed by atoms with van der Waals surface area (Å²) in [4.78, 5) is 23.1. The molecule has 2 rings (SSSR count). The summed E-state index contributed by atoms with van der Waals surface area (Å²) < 4.78 is 10.6. The zero-order valence-corrected chi connectivity index (χ0v) is 12.8. The molecule has 0 fully saturated rings. The minimum Gasteiger partial charge on any atom is -0.481 e. The van der Waals surface area contributed by atoms with Crippen LogP contribution in [0.1, 0.15) is 32.4 Å². The molecule has 0 aliphatic rings. The van der Waals surface area contributed by atoms with Gasteiger partial charge in [-0.15, -0.1) is 0 Å². The van der Waals surface area contributed by atoms with E-state index in [-0.39, 0.29) is 6.54 Å². The minimum absolute atomic E-state index is 0.107. The van der Waals surface area contributed by atoms with Crippen molar-refractivity contribution in [3.63, 3.8) is 0 Å². The molecular weight excluding hydrogens is 286 g/mol. The van der Waals surface area contributed by atoms with E-state index in [1.54, 1.807) is 32.9 Å². The molecule has 1 aromatic heterocycles. The van der Waals surface area contributed by atoms with Gasteiger partial charge in [0.15, 0.2) is 0 Å². The molecule has 0 radical (unpaired) electrons. The van der Waals surface area contributed by atoms with Crippen LogP contribution in [0.15, 0.2) is 34.7 Å². The van der Waals surface area contributed by atoms with E-state index in [2.05, 4.69) is 5.32 Å². The van der Waals surface area contributed by atoms with E-state index in [9.17, 15) is 14.7 Å². The van der Waals surface area contributed by atoms with Gasteiger partial charge in [-0.2, -0.15) is 0 Å². The molecule has 0 saturated carbocycles. The third-order valence-corrected chi connectivity index (χ3v) is 2.94. The van der Waals surface area contributed by atoms with Crippen molar-refractivity contribution in [2.24, 2.45) is 0 Å². The molecule has 2 aromatic rings. The second kappa shape index (κ2) is 6.09. The summed E-state index contributed by atoms with van der Waals surface area (Å²) in [6, 6.07) is 8.92. The van der Waals surface area contributed by atoms with Crippen LogP contribution >= 0.6 is 0 Å². The molecule has 6 nitrogen and oxygen atoms in total. The lowest BCUT2D eigenvalue weighted by molar-refractivity contribution is -0.139. The number of para-hydroxylation sites is 1. The Morgan fingerprint density at radius 3 is 2.59 bits per heavy atom. The number of nitrogens with one attached hydrogen (secondary N) is 1. The standard InChI is InChI=1S/C16H19NO5/c1-16(2,3)22-15(20)17-9-11(14(18)19)13-8-10-6-4-5-7-12(10)21-13/h4-8,11H,9H2,1-3H3,(H,17,20)(H,18,19). The van der Waals surface area contributed by atoms with Crippen LogP contribution in [-0.4, -0.2) is 29.3 Å². The average Bonchev–Trinajstić information content (AvgIpc) is 2.79. The molecule has 0 aliphatic heterocycles. The number of benzene rings is 1. The molecule has 1 aromatic carbocycles. The fraction of sp³-hybridized carbons (Fsp3) is 0.375. The highest BCUT2D eigenvalue weighted by Crippen LogP contribution is 2.25. The van der Waals surface area contributed by atoms with Gasteiger partial charge in [0, 0.05) is 11.9 Å². The third-order valence-electron chi connectivity index (χ3n) is 2.94. The summed E-state index contributed by atoms with van der Waals surface area (Å²) in [5.74, 6) is -1.75. The van der Waals surface area contributed by atoms with Gasteiger partial charge >= 0.3 is 12.1 Å². The van der Waals surface area contributed by atoms with Crippen molar-refractivity contribution in [1.29, 1.82) is 0 Å². The molecular formula is C16H19NO5. The van der Waals surface area contributed by atoms with Gasteiger partial charge in [0.25, 0.3) is 0 Å². The number of carboxylic acids is 1. The summed E-state index contributed by atoms with van der Waals surface area (Å²) in [6.45, 7) is 5.10. The topological polar surface area (TPSA) is 88.8 Å². The van der Waals surface area contributed by atoms with Crippen LogP contribution in [0.2, 0.25) is 0 Å². The van der Waals surface area contributed by atoms with Crippen LogP contribution in [0.5, 0.6) is 0 Å². The number of ether oxygens (including phenoxy) is 1. The van der Waals surface area contributed by atoms with E-state index in [1.807, 2.05) is 18.2 Å². The highest BCUT2D eigenvalue weighted by Gasteiger charge is 2.26. The predicted octanol–water partition coefficient (Wildman–Crippen LogP) is 3.13. The first-order valence-electron chi connectivity index (χ1n) is 6.94. The molecule has 1 amide bonds. The van der Waals surface area contributed by atoms with Crippen molar-refractivity contribution >= 4 is 23.0 Å². The van der Waals surface area contributed by atoms with Crippen LogP contribution in [0.4, 0.5) is 4.79 Å². The normalized spacial score (nSPS) is 12.9. The molecule has 1 unspecified atom stereocenters. The van der Waals surface area contributed by atoms with E-state index in [0.29, 0.717) is 11.3 Å². The number of alkyl carbamates (subject to hydrolysis) is 1. The number of amides is 1. The summed E-state index contributed by atoms with van der Waals surface area (Å²) >= 11 is 0. The van der Waals surface area contributed by atoms with E-state index < -0.39 is 23.6 Å². The number of hydrogen-bond acceptors (Lipinski definition) is 4. The second-order valence-electron chi connectivity index (χ2n) is 5.96. The van der Waals surface area contributed by atoms with E-state index in [1.165, 1.54) is 0 Å². The number of carbonyl (C=O) groups is 2. The van der Waals surface area contributed by atoms with Gasteiger partial charge in [-0.05, 0) is 32.9 Å². The van der Waals surface area contributed by atoms with E-state index >= 15 is 0 Å². The average molecular weight is 305 g/mol. The number of carboxylic acid groups (broad SMARTS) is 1. The van der Waals surface area contributed by atoms with Crippen LogP contribution in [0.3, 0.4) is 0 Å². The quantitative estimate of drug-likeness (QED) is 0.906. The van der Waals surface area contributed by atoms with Crippen molar-refractivity contribution in [1.82, 2.24) is 5.32 Å². The Bertz CT molecular complexity index is 650. The van der Waals surface area contributed by atoms with Gasteiger partial charge in [0.2, 0.25) is 0 Å². The first-order valence-corrected chi connectivity index (χ1v) is 6.94. The summed E-state index contributed by atoms with van der Waals surface area (Å²) in [6.07, 6.45) is -0.658. The molecule has 0 aliphatic carbocycles. The van der Waals surface area contributed by atoms with Gasteiger partial charge in [0.05, 0.1) is 0 Å². The van der Waals surface area contributed by atoms with Crippen molar-refractivity contribution in [2.75, 3.05) is 6.54 Å². The van der Waals surface area contributed by atoms with Crippen molar-refractivity contribution in [3.05, 3.63) is 36.1 Å². The van der Waals surface area contributed by atoms with Gasteiger partial charge in [-0.3, -0.25) is 4.79 Å². The van der Waals surface area contributed by atoms with Crippen LogP contribution in [0.25, 0.3) is 11.0 Å². The lowest BCUT2D eigenvalue weighted by Gasteiger charge is -2.20. The van der Waals surface area contributed by atoms with Gasteiger partial charge < -0.3 is 19.6 Å². The zero-order valence-electron chi connectivity index (χ0n) is 12.8. The fourth-order valence-corrected chi connectivity index (χ4v) is 1.98. The largest absolute Gasteiger partial charge is 0.481 e. The predicted molar refractivity (Wildman–Crippen MR) is 80.8 cm³/mol. The zero-order chi connectivity index (χ0) is 16.3. The van der Waals surface area contributed by atoms with E-state index in [0.717, 1.165) is 5.39 Å². The fourth-order valence-electron chi connectivity index (χ4n) is 1.98. The second-order valence-corrected chi connectivity index (χ2v) is 5.96. The van der Waals surface area contributed by atoms with Crippen molar-refractivity contribution < 1.29 is 23.8 Å². The van der Waals surface area contributed by atoms with Crippen molar-refractivity contribution in [2.45, 2.75) is 32.3 Å². The van der Waals surface area contributed by atoms with E-state index in [4.69, 9.17) is 9.15 Å². The smallest absolute Gasteiger partial charge is 0.407 e. The molecule has 0 bridgehead atoms. The van der Waals surface area contributed by atoms with Crippen LogP contribution < -0.4 is 5.32 Å². The van der Waals surface area contributed by atoms with Crippen molar-refractivity contribution in [3.8, 4) is 0 Å². The summed E-state index contributed by atoms with van der Waals surface area (Å²) in [5, 5.41) is 12.6. The maximum Gasteiger partial charge on any atom is 0.407 e. The van der Waals surface area contributed by atoms with Gasteiger partial charge in [-0.25, -0.2) is 4.79 Å². The van der Waals surface area contributed by atoms with Gasteiger partial charge in [-0.1, -0.05) is 18.2 Å². The first-order chi connectivity index (χ1) is 10.3. The Hall–Kier alpha value is -2.50. The Balaban J connectivity index is 2.10. The van der Waals surface area contributed by atoms with Gasteiger partial charge in [0.1, 0.15) is 22.9 Å². The first kappa shape index (κ1) is 15.9. The maximum absolute atomic E-state index is 11.6. The highest BCUT2D eigenvalue weighted by atomic mass is 16.6. The number of furan rings is 1. The number of fused-ring (bicyclic) bond motifs is 1. The third kappa shape index (κ3) is 4.00. The monoisotopic (exact) mass is 305 g/mol. The molecule has 0 saturated heterocycles. The lowest BCUT2D eigenvalue weighted by atomic mass is 10.1. The number of carbonyl (C=O) groups excluding carboxylic acids is 1. The Morgan fingerprint density at radius 2 is 2.00 bits per heavy atom. The summed E-state index contributed by atoms with van der Waals surface area (Å²) in [7, 11) is 0. The molecule has 6 heteroatoms. The Morgan fingerprint density at radius 1 is 1.32 bits per heavy atom.